The molecular weight excluding hydrogens is 290 g/mol. The zero-order chi connectivity index (χ0) is 15.3. The van der Waals surface area contributed by atoms with Crippen LogP contribution in [0.2, 0.25) is 0 Å². The van der Waals surface area contributed by atoms with E-state index in [1.54, 1.807) is 19.3 Å². The molecule has 0 bridgehead atoms. The molecule has 0 atom stereocenters. The number of aromatic nitrogens is 1. The van der Waals surface area contributed by atoms with E-state index in [2.05, 4.69) is 10.3 Å². The minimum Gasteiger partial charge on any atom is -0.380 e. The maximum atomic E-state index is 12.4. The third-order valence-corrected chi connectivity index (χ3v) is 5.43. The van der Waals surface area contributed by atoms with E-state index in [0.717, 1.165) is 18.8 Å². The Morgan fingerprint density at radius 3 is 2.90 bits per heavy atom. The number of rotatable bonds is 10. The lowest BCUT2D eigenvalue weighted by atomic mass is 10.4. The summed E-state index contributed by atoms with van der Waals surface area (Å²) < 4.78 is 31.6. The fourth-order valence-electron chi connectivity index (χ4n) is 1.96. The van der Waals surface area contributed by atoms with Crippen molar-refractivity contribution in [3.05, 3.63) is 18.0 Å². The van der Waals surface area contributed by atoms with Crippen LogP contribution in [0.15, 0.2) is 17.2 Å². The molecule has 1 saturated carbocycles. The SMILES string of the molecule is CCNCc1cc(S(=O)(=O)N(C)CCOCC2CC2)c[nH]1. The van der Waals surface area contributed by atoms with E-state index in [4.69, 9.17) is 4.74 Å². The molecule has 1 heterocycles. The molecule has 1 aliphatic rings. The van der Waals surface area contributed by atoms with Crippen molar-refractivity contribution in [2.75, 3.05) is 33.4 Å². The fraction of sp³-hybridized carbons (Fsp3) is 0.714. The molecule has 0 aromatic carbocycles. The number of aromatic amines is 1. The van der Waals surface area contributed by atoms with Crippen molar-refractivity contribution in [3.63, 3.8) is 0 Å². The van der Waals surface area contributed by atoms with E-state index in [0.29, 0.717) is 30.5 Å². The lowest BCUT2D eigenvalue weighted by Gasteiger charge is -2.16. The van der Waals surface area contributed by atoms with Gasteiger partial charge in [-0.2, -0.15) is 4.31 Å². The third kappa shape index (κ3) is 4.81. The second-order valence-corrected chi connectivity index (χ2v) is 7.53. The molecular formula is C14H25N3O3S. The van der Waals surface area contributed by atoms with Gasteiger partial charge in [-0.05, 0) is 31.4 Å². The van der Waals surface area contributed by atoms with Crippen LogP contribution >= 0.6 is 0 Å². The summed E-state index contributed by atoms with van der Waals surface area (Å²) in [5.41, 5.74) is 0.869. The summed E-state index contributed by atoms with van der Waals surface area (Å²) in [4.78, 5) is 3.30. The summed E-state index contributed by atoms with van der Waals surface area (Å²) in [6.07, 6.45) is 4.03. The highest BCUT2D eigenvalue weighted by molar-refractivity contribution is 7.89. The molecule has 1 aromatic rings. The molecule has 0 aliphatic heterocycles. The monoisotopic (exact) mass is 315 g/mol. The summed E-state index contributed by atoms with van der Waals surface area (Å²) in [6, 6.07) is 1.68. The standard InChI is InChI=1S/C14H25N3O3S/c1-3-15-9-13-8-14(10-16-13)21(18,19)17(2)6-7-20-11-12-4-5-12/h8,10,12,15-16H,3-7,9,11H2,1-2H3. The van der Waals surface area contributed by atoms with Crippen molar-refractivity contribution in [1.82, 2.24) is 14.6 Å². The van der Waals surface area contributed by atoms with Gasteiger partial charge in [0.1, 0.15) is 0 Å². The predicted molar refractivity (Wildman–Crippen MR) is 81.5 cm³/mol. The Bertz CT molecular complexity index is 537. The van der Waals surface area contributed by atoms with Crippen LogP contribution in [-0.4, -0.2) is 51.1 Å². The van der Waals surface area contributed by atoms with Gasteiger partial charge < -0.3 is 15.0 Å². The molecule has 0 amide bonds. The van der Waals surface area contributed by atoms with Gasteiger partial charge in [0.2, 0.25) is 10.0 Å². The van der Waals surface area contributed by atoms with E-state index >= 15 is 0 Å². The Morgan fingerprint density at radius 1 is 1.48 bits per heavy atom. The average molecular weight is 315 g/mol. The molecule has 2 N–H and O–H groups in total. The number of H-pyrrole nitrogens is 1. The van der Waals surface area contributed by atoms with Gasteiger partial charge in [0.05, 0.1) is 11.5 Å². The Morgan fingerprint density at radius 2 is 2.24 bits per heavy atom. The molecule has 120 valence electrons. The van der Waals surface area contributed by atoms with Crippen molar-refractivity contribution in [1.29, 1.82) is 0 Å². The lowest BCUT2D eigenvalue weighted by Crippen LogP contribution is -2.30. The first-order chi connectivity index (χ1) is 10.0. The molecule has 1 aliphatic carbocycles. The van der Waals surface area contributed by atoms with Gasteiger partial charge in [0.25, 0.3) is 0 Å². The van der Waals surface area contributed by atoms with E-state index in [1.807, 2.05) is 6.92 Å². The van der Waals surface area contributed by atoms with Gasteiger partial charge in [-0.25, -0.2) is 8.42 Å². The predicted octanol–water partition coefficient (Wildman–Crippen LogP) is 1.17. The van der Waals surface area contributed by atoms with Crippen LogP contribution in [0.5, 0.6) is 0 Å². The van der Waals surface area contributed by atoms with Crippen molar-refractivity contribution >= 4 is 10.0 Å². The number of hydrogen-bond donors (Lipinski definition) is 2. The number of hydrogen-bond acceptors (Lipinski definition) is 4. The summed E-state index contributed by atoms with van der Waals surface area (Å²) in [5.74, 6) is 0.699. The van der Waals surface area contributed by atoms with Crippen LogP contribution < -0.4 is 5.32 Å². The van der Waals surface area contributed by atoms with Gasteiger partial charge in [-0.1, -0.05) is 6.92 Å². The van der Waals surface area contributed by atoms with Crippen LogP contribution in [0.3, 0.4) is 0 Å². The van der Waals surface area contributed by atoms with Crippen molar-refractivity contribution in [3.8, 4) is 0 Å². The fourth-order valence-corrected chi connectivity index (χ4v) is 3.13. The second kappa shape index (κ2) is 7.40. The summed E-state index contributed by atoms with van der Waals surface area (Å²) in [6.45, 7) is 5.07. The van der Waals surface area contributed by atoms with Crippen LogP contribution in [0, 0.1) is 5.92 Å². The third-order valence-electron chi connectivity index (χ3n) is 3.59. The topological polar surface area (TPSA) is 74.4 Å². The smallest absolute Gasteiger partial charge is 0.244 e. The molecule has 1 aromatic heterocycles. The van der Waals surface area contributed by atoms with Crippen molar-refractivity contribution in [2.24, 2.45) is 5.92 Å². The van der Waals surface area contributed by atoms with Crippen molar-refractivity contribution in [2.45, 2.75) is 31.2 Å². The first kappa shape index (κ1) is 16.5. The summed E-state index contributed by atoms with van der Waals surface area (Å²) in [7, 11) is -1.84. The zero-order valence-electron chi connectivity index (χ0n) is 12.8. The minimum atomic E-state index is -3.43. The number of likely N-dealkylation sites (N-methyl/N-ethyl adjacent to an activating group) is 1. The van der Waals surface area contributed by atoms with E-state index < -0.39 is 10.0 Å². The molecule has 2 rings (SSSR count). The van der Waals surface area contributed by atoms with Crippen LogP contribution in [-0.2, 0) is 21.3 Å². The Labute approximate surface area is 126 Å². The van der Waals surface area contributed by atoms with Gasteiger partial charge in [-0.3, -0.25) is 0 Å². The zero-order valence-corrected chi connectivity index (χ0v) is 13.6. The van der Waals surface area contributed by atoms with Crippen LogP contribution in [0.1, 0.15) is 25.5 Å². The highest BCUT2D eigenvalue weighted by atomic mass is 32.2. The second-order valence-electron chi connectivity index (χ2n) is 5.49. The first-order valence-electron chi connectivity index (χ1n) is 7.46. The Kier molecular flexibility index (Phi) is 5.80. The molecule has 0 spiro atoms. The minimum absolute atomic E-state index is 0.306. The van der Waals surface area contributed by atoms with Gasteiger partial charge in [-0.15, -0.1) is 0 Å². The summed E-state index contributed by atoms with van der Waals surface area (Å²) >= 11 is 0. The van der Waals surface area contributed by atoms with E-state index in [9.17, 15) is 8.42 Å². The van der Waals surface area contributed by atoms with Crippen LogP contribution in [0.4, 0.5) is 0 Å². The number of nitrogens with zero attached hydrogens (tertiary/aromatic N) is 1. The first-order valence-corrected chi connectivity index (χ1v) is 8.90. The Balaban J connectivity index is 1.84. The Hall–Kier alpha value is -0.890. The molecule has 21 heavy (non-hydrogen) atoms. The molecule has 0 unspecified atom stereocenters. The van der Waals surface area contributed by atoms with Gasteiger partial charge >= 0.3 is 0 Å². The highest BCUT2D eigenvalue weighted by Gasteiger charge is 2.23. The van der Waals surface area contributed by atoms with Gasteiger partial charge in [0, 0.05) is 38.6 Å². The maximum absolute atomic E-state index is 12.4. The van der Waals surface area contributed by atoms with Crippen molar-refractivity contribution < 1.29 is 13.2 Å². The number of nitrogens with one attached hydrogen (secondary N) is 2. The molecule has 0 saturated heterocycles. The maximum Gasteiger partial charge on any atom is 0.244 e. The molecule has 1 fully saturated rings. The van der Waals surface area contributed by atoms with E-state index in [-0.39, 0.29) is 0 Å². The van der Waals surface area contributed by atoms with Crippen LogP contribution in [0.25, 0.3) is 0 Å². The molecule has 7 heteroatoms. The molecule has 6 nitrogen and oxygen atoms in total. The summed E-state index contributed by atoms with van der Waals surface area (Å²) in [5, 5.41) is 3.16. The molecule has 0 radical (unpaired) electrons. The quantitative estimate of drug-likeness (QED) is 0.636. The highest BCUT2D eigenvalue weighted by Crippen LogP contribution is 2.28. The largest absolute Gasteiger partial charge is 0.380 e. The lowest BCUT2D eigenvalue weighted by molar-refractivity contribution is 0.117. The number of ether oxygens (including phenoxy) is 1. The van der Waals surface area contributed by atoms with Gasteiger partial charge in [0.15, 0.2) is 0 Å². The normalized spacial score (nSPS) is 15.8. The average Bonchev–Trinajstić information content (AvgIpc) is 3.16. The van der Waals surface area contributed by atoms with E-state index in [1.165, 1.54) is 17.1 Å². The number of sulfonamides is 1.